The number of morpholine rings is 1. The molecule has 1 aliphatic carbocycles. The molecule has 0 unspecified atom stereocenters. The first kappa shape index (κ1) is 26.6. The Morgan fingerprint density at radius 1 is 1.10 bits per heavy atom. The molecule has 5 rings (SSSR count). The van der Waals surface area contributed by atoms with Crippen LogP contribution in [0.1, 0.15) is 46.7 Å². The number of hydrogen-bond acceptors (Lipinski definition) is 9. The number of carbonyl (C=O) groups excluding carboxylic acids is 4. The summed E-state index contributed by atoms with van der Waals surface area (Å²) < 4.78 is 15.7. The van der Waals surface area contributed by atoms with Crippen molar-refractivity contribution >= 4 is 57.9 Å². The van der Waals surface area contributed by atoms with E-state index >= 15 is 0 Å². The van der Waals surface area contributed by atoms with Crippen LogP contribution in [0.4, 0.5) is 11.5 Å². The van der Waals surface area contributed by atoms with Crippen LogP contribution in [-0.2, 0) is 19.1 Å². The number of nitrogens with one attached hydrogen (secondary N) is 2. The lowest BCUT2D eigenvalue weighted by Crippen LogP contribution is -2.49. The van der Waals surface area contributed by atoms with Crippen molar-refractivity contribution in [1.82, 2.24) is 14.9 Å². The average Bonchev–Trinajstić information content (AvgIpc) is 3.31. The van der Waals surface area contributed by atoms with Crippen molar-refractivity contribution in [3.8, 4) is 0 Å². The fraction of sp³-hybridized carbons (Fsp3) is 0.385. The monoisotopic (exact) mass is 555 g/mol. The zero-order chi connectivity index (χ0) is 27.5. The molecule has 39 heavy (non-hydrogen) atoms. The third-order valence-electron chi connectivity index (χ3n) is 6.88. The Morgan fingerprint density at radius 3 is 2.59 bits per heavy atom. The number of carbonyl (C=O) groups is 4. The SMILES string of the molecule is COC(=O)c1ccc2oc(C(=O)Nc3ccc(Cl)cn3)c(NC(=O)C3CCC(N4CCOCC4=O)CC3)c2n1. The van der Waals surface area contributed by atoms with Gasteiger partial charge >= 0.3 is 5.97 Å². The van der Waals surface area contributed by atoms with Crippen LogP contribution >= 0.6 is 11.6 Å². The second-order valence-electron chi connectivity index (χ2n) is 9.29. The standard InChI is InChI=1S/C26H26ClN5O7/c1-37-26(36)17-7-8-18-21(29-17)22(23(39-18)25(35)30-19-9-4-15(27)12-28-19)31-24(34)14-2-5-16(6-3-14)32-10-11-38-13-20(32)33/h4,7-9,12,14,16H,2-3,5-6,10-11,13H2,1H3,(H,31,34)(H,28,30,35). The molecule has 0 spiro atoms. The predicted octanol–water partition coefficient (Wildman–Crippen LogP) is 3.27. The third-order valence-corrected chi connectivity index (χ3v) is 7.11. The summed E-state index contributed by atoms with van der Waals surface area (Å²) in [6, 6.07) is 6.03. The van der Waals surface area contributed by atoms with Crippen LogP contribution in [0.3, 0.4) is 0 Å². The number of ether oxygens (including phenoxy) is 2. The Bertz CT molecular complexity index is 1420. The van der Waals surface area contributed by atoms with Crippen molar-refractivity contribution < 1.29 is 33.1 Å². The van der Waals surface area contributed by atoms with E-state index in [1.807, 2.05) is 4.90 Å². The molecule has 3 amide bonds. The van der Waals surface area contributed by atoms with E-state index in [2.05, 4.69) is 20.6 Å². The number of esters is 1. The van der Waals surface area contributed by atoms with Gasteiger partial charge in [-0.15, -0.1) is 0 Å². The quantitative estimate of drug-likeness (QED) is 0.436. The summed E-state index contributed by atoms with van der Waals surface area (Å²) in [4.78, 5) is 61.0. The molecule has 2 N–H and O–H groups in total. The highest BCUT2D eigenvalue weighted by Crippen LogP contribution is 2.34. The number of halogens is 1. The van der Waals surface area contributed by atoms with Gasteiger partial charge in [-0.25, -0.2) is 14.8 Å². The summed E-state index contributed by atoms with van der Waals surface area (Å²) in [7, 11) is 1.23. The van der Waals surface area contributed by atoms with Crippen molar-refractivity contribution in [3.63, 3.8) is 0 Å². The van der Waals surface area contributed by atoms with Gasteiger partial charge in [0.25, 0.3) is 5.91 Å². The molecular formula is C26H26ClN5O7. The van der Waals surface area contributed by atoms with Gasteiger partial charge in [-0.05, 0) is 49.9 Å². The fourth-order valence-electron chi connectivity index (χ4n) is 4.88. The number of hydrogen-bond donors (Lipinski definition) is 2. The Labute approximate surface area is 228 Å². The number of furan rings is 1. The van der Waals surface area contributed by atoms with Crippen LogP contribution in [0.5, 0.6) is 0 Å². The molecule has 3 aromatic rings. The first-order valence-electron chi connectivity index (χ1n) is 12.5. The average molecular weight is 556 g/mol. The maximum absolute atomic E-state index is 13.4. The van der Waals surface area contributed by atoms with Gasteiger partial charge in [-0.2, -0.15) is 0 Å². The molecule has 2 aliphatic rings. The highest BCUT2D eigenvalue weighted by atomic mass is 35.5. The lowest BCUT2D eigenvalue weighted by molar-refractivity contribution is -0.146. The minimum absolute atomic E-state index is 0.0108. The second-order valence-corrected chi connectivity index (χ2v) is 9.73. The summed E-state index contributed by atoms with van der Waals surface area (Å²) in [5, 5.41) is 5.83. The molecule has 0 aromatic carbocycles. The summed E-state index contributed by atoms with van der Waals surface area (Å²) in [6.45, 7) is 1.15. The molecule has 4 heterocycles. The van der Waals surface area contributed by atoms with Crippen molar-refractivity contribution in [2.75, 3.05) is 37.5 Å². The number of anilines is 2. The maximum atomic E-state index is 13.4. The molecule has 1 aliphatic heterocycles. The van der Waals surface area contributed by atoms with E-state index in [4.69, 9.17) is 25.5 Å². The number of pyridine rings is 2. The molecule has 0 radical (unpaired) electrons. The molecule has 1 saturated heterocycles. The Morgan fingerprint density at radius 2 is 1.90 bits per heavy atom. The highest BCUT2D eigenvalue weighted by molar-refractivity contribution is 6.30. The van der Waals surface area contributed by atoms with Gasteiger partial charge in [-0.3, -0.25) is 14.4 Å². The topological polar surface area (TPSA) is 153 Å². The lowest BCUT2D eigenvalue weighted by atomic mass is 9.84. The van der Waals surface area contributed by atoms with E-state index in [1.165, 1.54) is 31.5 Å². The van der Waals surface area contributed by atoms with E-state index in [1.54, 1.807) is 6.07 Å². The summed E-state index contributed by atoms with van der Waals surface area (Å²) in [5.74, 6) is -2.01. The Balaban J connectivity index is 1.38. The number of nitrogens with zero attached hydrogens (tertiary/aromatic N) is 3. The Hall–Kier alpha value is -4.03. The zero-order valence-corrected chi connectivity index (χ0v) is 21.8. The van der Waals surface area contributed by atoms with Crippen LogP contribution in [0.15, 0.2) is 34.9 Å². The Kier molecular flexibility index (Phi) is 7.75. The number of amides is 3. The molecule has 2 fully saturated rings. The van der Waals surface area contributed by atoms with Gasteiger partial charge in [0.05, 0.1) is 18.7 Å². The first-order chi connectivity index (χ1) is 18.8. The summed E-state index contributed by atoms with van der Waals surface area (Å²) in [5.41, 5.74) is 0.357. The molecule has 0 atom stereocenters. The lowest BCUT2D eigenvalue weighted by Gasteiger charge is -2.38. The van der Waals surface area contributed by atoms with Gasteiger partial charge < -0.3 is 29.4 Å². The van der Waals surface area contributed by atoms with Crippen molar-refractivity contribution in [2.45, 2.75) is 31.7 Å². The van der Waals surface area contributed by atoms with Crippen LogP contribution in [0, 0.1) is 5.92 Å². The number of fused-ring (bicyclic) bond motifs is 1. The minimum atomic E-state index is -0.678. The zero-order valence-electron chi connectivity index (χ0n) is 21.1. The summed E-state index contributed by atoms with van der Waals surface area (Å²) >= 11 is 5.88. The van der Waals surface area contributed by atoms with Crippen molar-refractivity contribution in [1.29, 1.82) is 0 Å². The van der Waals surface area contributed by atoms with Crippen molar-refractivity contribution in [2.24, 2.45) is 5.92 Å². The normalized spacial score (nSPS) is 19.5. The van der Waals surface area contributed by atoms with E-state index in [-0.39, 0.29) is 64.4 Å². The summed E-state index contributed by atoms with van der Waals surface area (Å²) in [6.07, 6.45) is 3.86. The molecule has 13 heteroatoms. The van der Waals surface area contributed by atoms with E-state index in [9.17, 15) is 19.2 Å². The molecular weight excluding hydrogens is 530 g/mol. The molecule has 12 nitrogen and oxygen atoms in total. The van der Waals surface area contributed by atoms with Crippen LogP contribution in [0.25, 0.3) is 11.1 Å². The van der Waals surface area contributed by atoms with Crippen molar-refractivity contribution in [3.05, 3.63) is 46.9 Å². The molecule has 0 bridgehead atoms. The highest BCUT2D eigenvalue weighted by Gasteiger charge is 2.34. The number of rotatable bonds is 6. The molecule has 204 valence electrons. The smallest absolute Gasteiger partial charge is 0.356 e. The maximum Gasteiger partial charge on any atom is 0.356 e. The van der Waals surface area contributed by atoms with Crippen LogP contribution in [0.2, 0.25) is 5.02 Å². The van der Waals surface area contributed by atoms with Gasteiger partial charge in [0.15, 0.2) is 5.58 Å². The second kappa shape index (κ2) is 11.4. The largest absolute Gasteiger partial charge is 0.464 e. The van der Waals surface area contributed by atoms with Crippen LogP contribution < -0.4 is 10.6 Å². The van der Waals surface area contributed by atoms with Gasteiger partial charge in [0.2, 0.25) is 17.6 Å². The van der Waals surface area contributed by atoms with Crippen LogP contribution in [-0.4, -0.2) is 71.5 Å². The first-order valence-corrected chi connectivity index (χ1v) is 12.8. The van der Waals surface area contributed by atoms with Gasteiger partial charge in [0.1, 0.15) is 29.3 Å². The number of methoxy groups -OCH3 is 1. The fourth-order valence-corrected chi connectivity index (χ4v) is 5.00. The van der Waals surface area contributed by atoms with E-state index < -0.39 is 11.9 Å². The molecule has 3 aromatic heterocycles. The number of aromatic nitrogens is 2. The van der Waals surface area contributed by atoms with E-state index in [0.29, 0.717) is 43.9 Å². The minimum Gasteiger partial charge on any atom is -0.464 e. The van der Waals surface area contributed by atoms with Gasteiger partial charge in [0, 0.05) is 24.7 Å². The van der Waals surface area contributed by atoms with E-state index in [0.717, 1.165) is 0 Å². The molecule has 1 saturated carbocycles. The van der Waals surface area contributed by atoms with Gasteiger partial charge in [-0.1, -0.05) is 11.6 Å². The predicted molar refractivity (Wildman–Crippen MR) is 139 cm³/mol. The third kappa shape index (κ3) is 5.71.